The Balaban J connectivity index is 2.09. The third kappa shape index (κ3) is 4.99. The molecule has 0 bridgehead atoms. The van der Waals surface area contributed by atoms with Crippen LogP contribution in [0.4, 0.5) is 0 Å². The molecule has 1 rings (SSSR count). The third-order valence-corrected chi connectivity index (χ3v) is 3.30. The van der Waals surface area contributed by atoms with Crippen LogP contribution in [-0.2, 0) is 0 Å². The Morgan fingerprint density at radius 1 is 1.00 bits per heavy atom. The Kier molecular flexibility index (Phi) is 5.54. The molecule has 0 spiro atoms. The molecule has 1 aliphatic carbocycles. The second-order valence-electron chi connectivity index (χ2n) is 5.37. The van der Waals surface area contributed by atoms with Crippen molar-refractivity contribution in [1.29, 1.82) is 0 Å². The lowest BCUT2D eigenvalue weighted by Crippen LogP contribution is -2.37. The molecule has 0 unspecified atom stereocenters. The lowest BCUT2D eigenvalue weighted by Gasteiger charge is -2.27. The highest BCUT2D eigenvalue weighted by Gasteiger charge is 2.15. The van der Waals surface area contributed by atoms with Crippen molar-refractivity contribution >= 4 is 0 Å². The maximum Gasteiger partial charge on any atom is 0.00695 e. The van der Waals surface area contributed by atoms with Crippen LogP contribution >= 0.6 is 0 Å². The fourth-order valence-electron chi connectivity index (χ4n) is 2.34. The summed E-state index contributed by atoms with van der Waals surface area (Å²) in [5.74, 6) is 0.852. The molecule has 1 atom stereocenters. The third-order valence-electron chi connectivity index (χ3n) is 3.30. The normalized spacial score (nSPS) is 21.4. The summed E-state index contributed by atoms with van der Waals surface area (Å²) in [5.41, 5.74) is 0. The van der Waals surface area contributed by atoms with Crippen molar-refractivity contribution in [3.05, 3.63) is 0 Å². The molecule has 1 nitrogen and oxygen atoms in total. The first kappa shape index (κ1) is 12.0. The molecular formula is C13H27N. The van der Waals surface area contributed by atoms with Gasteiger partial charge in [0, 0.05) is 12.1 Å². The van der Waals surface area contributed by atoms with E-state index in [4.69, 9.17) is 0 Å². The van der Waals surface area contributed by atoms with E-state index in [1.165, 1.54) is 44.9 Å². The molecule has 84 valence electrons. The maximum atomic E-state index is 3.77. The Bertz CT molecular complexity index is 136. The monoisotopic (exact) mass is 197 g/mol. The predicted molar refractivity (Wildman–Crippen MR) is 63.5 cm³/mol. The zero-order chi connectivity index (χ0) is 10.4. The van der Waals surface area contributed by atoms with Crippen molar-refractivity contribution in [2.24, 2.45) is 5.92 Å². The smallest absolute Gasteiger partial charge is 0.00695 e. The Hall–Kier alpha value is -0.0400. The van der Waals surface area contributed by atoms with Gasteiger partial charge in [0.05, 0.1) is 0 Å². The molecule has 0 saturated heterocycles. The minimum atomic E-state index is 0.723. The van der Waals surface area contributed by atoms with E-state index in [9.17, 15) is 0 Å². The van der Waals surface area contributed by atoms with Gasteiger partial charge in [0.2, 0.25) is 0 Å². The first-order valence-electron chi connectivity index (χ1n) is 6.44. The number of rotatable bonds is 5. The van der Waals surface area contributed by atoms with Gasteiger partial charge in [-0.25, -0.2) is 0 Å². The van der Waals surface area contributed by atoms with E-state index in [1.807, 2.05) is 0 Å². The van der Waals surface area contributed by atoms with E-state index >= 15 is 0 Å². The lowest BCUT2D eigenvalue weighted by molar-refractivity contribution is 0.327. The topological polar surface area (TPSA) is 12.0 Å². The summed E-state index contributed by atoms with van der Waals surface area (Å²) < 4.78 is 0. The number of hydrogen-bond donors (Lipinski definition) is 1. The van der Waals surface area contributed by atoms with Crippen LogP contribution in [-0.4, -0.2) is 12.1 Å². The first-order chi connectivity index (χ1) is 6.68. The van der Waals surface area contributed by atoms with Crippen molar-refractivity contribution in [3.63, 3.8) is 0 Å². The number of hydrogen-bond acceptors (Lipinski definition) is 1. The van der Waals surface area contributed by atoms with Gasteiger partial charge in [-0.2, -0.15) is 0 Å². The van der Waals surface area contributed by atoms with Gasteiger partial charge >= 0.3 is 0 Å². The van der Waals surface area contributed by atoms with Crippen LogP contribution in [0.2, 0.25) is 0 Å². The molecule has 14 heavy (non-hydrogen) atoms. The molecule has 0 aromatic carbocycles. The minimum absolute atomic E-state index is 0.723. The summed E-state index contributed by atoms with van der Waals surface area (Å²) in [4.78, 5) is 0. The van der Waals surface area contributed by atoms with Gasteiger partial charge in [-0.3, -0.25) is 0 Å². The van der Waals surface area contributed by atoms with Crippen molar-refractivity contribution in [2.45, 2.75) is 77.8 Å². The second-order valence-corrected chi connectivity index (χ2v) is 5.37. The molecule has 0 aromatic heterocycles. The van der Waals surface area contributed by atoms with Gasteiger partial charge in [0.1, 0.15) is 0 Å². The molecule has 0 amide bonds. The van der Waals surface area contributed by atoms with Crippen molar-refractivity contribution in [2.75, 3.05) is 0 Å². The van der Waals surface area contributed by atoms with E-state index in [1.54, 1.807) is 0 Å². The van der Waals surface area contributed by atoms with Gasteiger partial charge in [-0.1, -0.05) is 33.1 Å². The molecule has 1 fully saturated rings. The second kappa shape index (κ2) is 6.44. The molecule has 1 heteroatoms. The summed E-state index contributed by atoms with van der Waals surface area (Å²) in [5, 5.41) is 3.77. The van der Waals surface area contributed by atoms with Gasteiger partial charge in [0.15, 0.2) is 0 Å². The SMILES string of the molecule is CC(C)CC[C@@H](C)NC1CCCCC1. The summed E-state index contributed by atoms with van der Waals surface area (Å²) >= 11 is 0. The van der Waals surface area contributed by atoms with Gasteiger partial charge in [-0.15, -0.1) is 0 Å². The average Bonchev–Trinajstić information content (AvgIpc) is 2.16. The van der Waals surface area contributed by atoms with Crippen LogP contribution in [0.25, 0.3) is 0 Å². The van der Waals surface area contributed by atoms with Crippen LogP contribution in [0.1, 0.15) is 65.7 Å². The highest BCUT2D eigenvalue weighted by Crippen LogP contribution is 2.18. The molecule has 0 radical (unpaired) electrons. The zero-order valence-electron chi connectivity index (χ0n) is 10.2. The number of nitrogens with one attached hydrogen (secondary N) is 1. The highest BCUT2D eigenvalue weighted by molar-refractivity contribution is 4.75. The van der Waals surface area contributed by atoms with Crippen LogP contribution in [0.15, 0.2) is 0 Å². The van der Waals surface area contributed by atoms with Crippen LogP contribution in [0.5, 0.6) is 0 Å². The van der Waals surface area contributed by atoms with Crippen LogP contribution in [0.3, 0.4) is 0 Å². The maximum absolute atomic E-state index is 3.77. The molecule has 1 saturated carbocycles. The van der Waals surface area contributed by atoms with E-state index < -0.39 is 0 Å². The summed E-state index contributed by atoms with van der Waals surface area (Å²) in [6.45, 7) is 6.97. The van der Waals surface area contributed by atoms with Crippen LogP contribution in [0, 0.1) is 5.92 Å². The molecule has 1 N–H and O–H groups in total. The van der Waals surface area contributed by atoms with E-state index in [-0.39, 0.29) is 0 Å². The predicted octanol–water partition coefficient (Wildman–Crippen LogP) is 3.73. The Labute approximate surface area is 89.7 Å². The van der Waals surface area contributed by atoms with Gasteiger partial charge in [-0.05, 0) is 38.5 Å². The molecular weight excluding hydrogens is 170 g/mol. The summed E-state index contributed by atoms with van der Waals surface area (Å²) in [7, 11) is 0. The van der Waals surface area contributed by atoms with Crippen molar-refractivity contribution in [1.82, 2.24) is 5.32 Å². The summed E-state index contributed by atoms with van der Waals surface area (Å²) in [6.07, 6.45) is 9.86. The molecule has 0 aromatic rings. The lowest BCUT2D eigenvalue weighted by atomic mass is 9.94. The van der Waals surface area contributed by atoms with Crippen molar-refractivity contribution < 1.29 is 0 Å². The van der Waals surface area contributed by atoms with Crippen molar-refractivity contribution in [3.8, 4) is 0 Å². The largest absolute Gasteiger partial charge is 0.312 e. The quantitative estimate of drug-likeness (QED) is 0.708. The van der Waals surface area contributed by atoms with Crippen LogP contribution < -0.4 is 5.32 Å². The fourth-order valence-corrected chi connectivity index (χ4v) is 2.34. The molecule has 0 heterocycles. The standard InChI is InChI=1S/C13H27N/c1-11(2)9-10-12(3)14-13-7-5-4-6-8-13/h11-14H,4-10H2,1-3H3/t12-/m1/s1. The van der Waals surface area contributed by atoms with E-state index in [2.05, 4.69) is 26.1 Å². The Morgan fingerprint density at radius 3 is 2.21 bits per heavy atom. The molecule has 1 aliphatic rings. The van der Waals surface area contributed by atoms with E-state index in [0.717, 1.165) is 18.0 Å². The molecule has 0 aliphatic heterocycles. The van der Waals surface area contributed by atoms with Gasteiger partial charge in [0.25, 0.3) is 0 Å². The summed E-state index contributed by atoms with van der Waals surface area (Å²) in [6, 6.07) is 1.55. The van der Waals surface area contributed by atoms with Gasteiger partial charge < -0.3 is 5.32 Å². The first-order valence-corrected chi connectivity index (χ1v) is 6.44. The fraction of sp³-hybridized carbons (Fsp3) is 1.00. The average molecular weight is 197 g/mol. The van der Waals surface area contributed by atoms with E-state index in [0.29, 0.717) is 0 Å². The minimum Gasteiger partial charge on any atom is -0.312 e. The highest BCUT2D eigenvalue weighted by atomic mass is 14.9. The Morgan fingerprint density at radius 2 is 1.64 bits per heavy atom. The zero-order valence-corrected chi connectivity index (χ0v) is 10.2.